The molecule has 30 heavy (non-hydrogen) atoms. The third kappa shape index (κ3) is 4.71. The van der Waals surface area contributed by atoms with Gasteiger partial charge in [0.05, 0.1) is 12.3 Å². The fourth-order valence-corrected chi connectivity index (χ4v) is 3.83. The highest BCUT2D eigenvalue weighted by atomic mass is 19.1. The van der Waals surface area contributed by atoms with Crippen LogP contribution >= 0.6 is 0 Å². The Morgan fingerprint density at radius 2 is 1.73 bits per heavy atom. The number of nitrogens with one attached hydrogen (secondary N) is 1. The maximum atomic E-state index is 13.2. The summed E-state index contributed by atoms with van der Waals surface area (Å²) in [6.45, 7) is 5.77. The summed E-state index contributed by atoms with van der Waals surface area (Å²) in [5.74, 6) is 0.533. The quantitative estimate of drug-likeness (QED) is 0.671. The Hall–Kier alpha value is -3.12. The van der Waals surface area contributed by atoms with Crippen molar-refractivity contribution in [3.05, 3.63) is 89.6 Å². The fraction of sp³-hybridized carbons (Fsp3) is 0.292. The van der Waals surface area contributed by atoms with E-state index in [1.54, 1.807) is 6.26 Å². The molecule has 1 saturated heterocycles. The molecule has 5 nitrogen and oxygen atoms in total. The van der Waals surface area contributed by atoms with Crippen LogP contribution in [0.3, 0.4) is 0 Å². The molecule has 1 aliphatic rings. The molecule has 0 saturated carbocycles. The van der Waals surface area contributed by atoms with Gasteiger partial charge in [0.25, 0.3) is 5.91 Å². The van der Waals surface area contributed by atoms with E-state index >= 15 is 0 Å². The van der Waals surface area contributed by atoms with Gasteiger partial charge < -0.3 is 14.6 Å². The van der Waals surface area contributed by atoms with E-state index in [-0.39, 0.29) is 17.8 Å². The van der Waals surface area contributed by atoms with Crippen LogP contribution in [0.1, 0.15) is 27.7 Å². The summed E-state index contributed by atoms with van der Waals surface area (Å²) in [6.07, 6.45) is 1.67. The van der Waals surface area contributed by atoms with E-state index < -0.39 is 0 Å². The zero-order chi connectivity index (χ0) is 20.9. The Bertz CT molecular complexity index is 947. The molecular formula is C24H26FN3O2. The van der Waals surface area contributed by atoms with E-state index in [1.807, 2.05) is 55.5 Å². The van der Waals surface area contributed by atoms with Crippen LogP contribution < -0.4 is 10.2 Å². The topological polar surface area (TPSA) is 48.7 Å². The maximum absolute atomic E-state index is 13.2. The number of carbonyl (C=O) groups excluding carboxylic acids is 1. The number of rotatable bonds is 6. The molecule has 2 heterocycles. The summed E-state index contributed by atoms with van der Waals surface area (Å²) in [7, 11) is 0. The van der Waals surface area contributed by atoms with Crippen LogP contribution in [-0.2, 0) is 0 Å². The van der Waals surface area contributed by atoms with E-state index in [4.69, 9.17) is 4.42 Å². The molecule has 156 valence electrons. The number of furan rings is 1. The number of hydrogen-bond acceptors (Lipinski definition) is 4. The predicted octanol–water partition coefficient (Wildman–Crippen LogP) is 4.02. The lowest BCUT2D eigenvalue weighted by Gasteiger charge is -2.39. The van der Waals surface area contributed by atoms with Crippen molar-refractivity contribution in [2.75, 3.05) is 37.6 Å². The second kappa shape index (κ2) is 9.13. The van der Waals surface area contributed by atoms with Gasteiger partial charge >= 0.3 is 0 Å². The van der Waals surface area contributed by atoms with Crippen LogP contribution in [0.15, 0.2) is 71.3 Å². The van der Waals surface area contributed by atoms with Crippen molar-refractivity contribution in [1.82, 2.24) is 10.2 Å². The normalized spacial score (nSPS) is 15.7. The second-order valence-corrected chi connectivity index (χ2v) is 7.61. The molecule has 1 unspecified atom stereocenters. The number of aryl methyl sites for hydroxylation is 1. The molecule has 2 aromatic carbocycles. The third-order valence-electron chi connectivity index (χ3n) is 5.59. The van der Waals surface area contributed by atoms with Crippen molar-refractivity contribution >= 4 is 11.6 Å². The summed E-state index contributed by atoms with van der Waals surface area (Å²) in [5, 5.41) is 3.06. The van der Waals surface area contributed by atoms with Crippen LogP contribution in [0.5, 0.6) is 0 Å². The number of carbonyl (C=O) groups is 1. The van der Waals surface area contributed by atoms with Crippen LogP contribution in [0.2, 0.25) is 0 Å². The van der Waals surface area contributed by atoms with Crippen LogP contribution in [-0.4, -0.2) is 43.5 Å². The van der Waals surface area contributed by atoms with E-state index in [1.165, 1.54) is 12.1 Å². The van der Waals surface area contributed by atoms with Gasteiger partial charge in [-0.1, -0.05) is 17.7 Å². The van der Waals surface area contributed by atoms with Gasteiger partial charge in [0.2, 0.25) is 0 Å². The van der Waals surface area contributed by atoms with Gasteiger partial charge in [-0.15, -0.1) is 0 Å². The molecule has 1 aliphatic heterocycles. The van der Waals surface area contributed by atoms with Gasteiger partial charge in [0.15, 0.2) is 0 Å². The highest BCUT2D eigenvalue weighted by Gasteiger charge is 2.27. The lowest BCUT2D eigenvalue weighted by molar-refractivity contribution is 0.0923. The average Bonchev–Trinajstić information content (AvgIpc) is 3.30. The molecule has 1 aromatic heterocycles. The van der Waals surface area contributed by atoms with E-state index in [0.717, 1.165) is 43.2 Å². The zero-order valence-electron chi connectivity index (χ0n) is 17.1. The van der Waals surface area contributed by atoms with Gasteiger partial charge in [-0.05, 0) is 55.5 Å². The first-order chi connectivity index (χ1) is 14.6. The number of amides is 1. The lowest BCUT2D eigenvalue weighted by atomic mass is 10.1. The first kappa shape index (κ1) is 20.2. The number of halogens is 1. The molecule has 1 N–H and O–H groups in total. The van der Waals surface area contributed by atoms with Crippen LogP contribution in [0.25, 0.3) is 0 Å². The van der Waals surface area contributed by atoms with Gasteiger partial charge in [-0.25, -0.2) is 4.39 Å². The van der Waals surface area contributed by atoms with Crippen molar-refractivity contribution in [2.24, 2.45) is 0 Å². The van der Waals surface area contributed by atoms with Crippen molar-refractivity contribution < 1.29 is 13.6 Å². The van der Waals surface area contributed by atoms with Crippen molar-refractivity contribution in [3.8, 4) is 0 Å². The Kier molecular flexibility index (Phi) is 6.14. The Balaban J connectivity index is 1.40. The molecule has 1 fully saturated rings. The molecule has 0 aliphatic carbocycles. The molecular weight excluding hydrogens is 381 g/mol. The fourth-order valence-electron chi connectivity index (χ4n) is 3.83. The summed E-state index contributed by atoms with van der Waals surface area (Å²) in [4.78, 5) is 17.2. The summed E-state index contributed by atoms with van der Waals surface area (Å²) < 4.78 is 18.9. The minimum atomic E-state index is -0.223. The van der Waals surface area contributed by atoms with Gasteiger partial charge in [0.1, 0.15) is 11.6 Å². The highest BCUT2D eigenvalue weighted by Crippen LogP contribution is 2.24. The minimum absolute atomic E-state index is 0.0373. The molecule has 1 amide bonds. The number of nitrogens with zero attached hydrogens (tertiary/aromatic N) is 2. The molecule has 3 aromatic rings. The average molecular weight is 407 g/mol. The van der Waals surface area contributed by atoms with Gasteiger partial charge in [0, 0.05) is 44.0 Å². The molecule has 6 heteroatoms. The summed E-state index contributed by atoms with van der Waals surface area (Å²) >= 11 is 0. The lowest BCUT2D eigenvalue weighted by Crippen LogP contribution is -2.49. The molecule has 0 spiro atoms. The van der Waals surface area contributed by atoms with E-state index in [9.17, 15) is 9.18 Å². The van der Waals surface area contributed by atoms with Crippen molar-refractivity contribution in [2.45, 2.75) is 13.0 Å². The van der Waals surface area contributed by atoms with Gasteiger partial charge in [-0.3, -0.25) is 9.69 Å². The highest BCUT2D eigenvalue weighted by molar-refractivity contribution is 5.94. The van der Waals surface area contributed by atoms with Crippen LogP contribution in [0, 0.1) is 12.7 Å². The summed E-state index contributed by atoms with van der Waals surface area (Å²) in [5.41, 5.74) is 2.80. The first-order valence-corrected chi connectivity index (χ1v) is 10.2. The molecule has 0 bridgehead atoms. The molecule has 4 rings (SSSR count). The standard InChI is InChI=1S/C24H26FN3O2/c1-18-4-6-19(7-5-18)24(29)26-17-22(23-3-2-16-30-23)28-14-12-27(13-15-28)21-10-8-20(25)9-11-21/h2-11,16,22H,12-15,17H2,1H3,(H,26,29). The Morgan fingerprint density at radius 3 is 2.37 bits per heavy atom. The first-order valence-electron chi connectivity index (χ1n) is 10.2. The number of piperazine rings is 1. The summed E-state index contributed by atoms with van der Waals surface area (Å²) in [6, 6.07) is 18.0. The maximum Gasteiger partial charge on any atom is 0.251 e. The van der Waals surface area contributed by atoms with E-state index in [0.29, 0.717) is 12.1 Å². The SMILES string of the molecule is Cc1ccc(C(=O)NCC(c2ccco2)N2CCN(c3ccc(F)cc3)CC2)cc1. The van der Waals surface area contributed by atoms with Crippen LogP contribution in [0.4, 0.5) is 10.1 Å². The minimum Gasteiger partial charge on any atom is -0.468 e. The smallest absolute Gasteiger partial charge is 0.251 e. The van der Waals surface area contributed by atoms with E-state index in [2.05, 4.69) is 15.1 Å². The third-order valence-corrected chi connectivity index (χ3v) is 5.59. The van der Waals surface area contributed by atoms with Crippen molar-refractivity contribution in [3.63, 3.8) is 0 Å². The monoisotopic (exact) mass is 407 g/mol. The molecule has 0 radical (unpaired) electrons. The van der Waals surface area contributed by atoms with Crippen molar-refractivity contribution in [1.29, 1.82) is 0 Å². The number of benzene rings is 2. The number of anilines is 1. The second-order valence-electron chi connectivity index (χ2n) is 7.61. The largest absolute Gasteiger partial charge is 0.468 e. The Labute approximate surface area is 176 Å². The zero-order valence-corrected chi connectivity index (χ0v) is 17.1. The number of hydrogen-bond donors (Lipinski definition) is 1. The molecule has 1 atom stereocenters. The van der Waals surface area contributed by atoms with Gasteiger partial charge in [-0.2, -0.15) is 0 Å². The predicted molar refractivity (Wildman–Crippen MR) is 115 cm³/mol. The Morgan fingerprint density at radius 1 is 1.03 bits per heavy atom.